The molecule has 0 saturated carbocycles. The number of morpholine rings is 1. The van der Waals surface area contributed by atoms with Gasteiger partial charge in [0.15, 0.2) is 5.76 Å². The summed E-state index contributed by atoms with van der Waals surface area (Å²) in [7, 11) is 1.58. The number of aliphatic hydroxyl groups excluding tert-OH is 1. The molecule has 2 aliphatic heterocycles. The van der Waals surface area contributed by atoms with E-state index < -0.39 is 17.6 Å². The molecule has 0 spiro atoms. The second-order valence-electron chi connectivity index (χ2n) is 8.02. The van der Waals surface area contributed by atoms with E-state index in [1.807, 2.05) is 0 Å². The fraction of sp³-hybridized carbons (Fsp3) is 0.500. The van der Waals surface area contributed by atoms with Crippen LogP contribution in [0.4, 0.5) is 0 Å². The van der Waals surface area contributed by atoms with Crippen LogP contribution < -0.4 is 5.32 Å². The Morgan fingerprint density at radius 1 is 1.18 bits per heavy atom. The van der Waals surface area contributed by atoms with Crippen molar-refractivity contribution in [3.05, 3.63) is 45.1 Å². The molecule has 0 unspecified atom stereocenters. The van der Waals surface area contributed by atoms with Crippen LogP contribution in [0.1, 0.15) is 12.0 Å². The molecule has 3 amide bonds. The second kappa shape index (κ2) is 11.7. The second-order valence-corrected chi connectivity index (χ2v) is 8.83. The molecular weight excluding hydrogens is 471 g/mol. The highest BCUT2D eigenvalue weighted by Gasteiger charge is 2.35. The van der Waals surface area contributed by atoms with Gasteiger partial charge in [0.25, 0.3) is 11.8 Å². The number of ether oxygens (including phenoxy) is 1. The van der Waals surface area contributed by atoms with Crippen LogP contribution in [0, 0.1) is 0 Å². The molecule has 180 valence electrons. The van der Waals surface area contributed by atoms with E-state index in [4.69, 9.17) is 27.9 Å². The summed E-state index contributed by atoms with van der Waals surface area (Å²) >= 11 is 11.9. The molecule has 0 atom stereocenters. The van der Waals surface area contributed by atoms with Crippen molar-refractivity contribution in [2.45, 2.75) is 13.0 Å². The smallest absolute Gasteiger partial charge is 0.289 e. The zero-order chi connectivity index (χ0) is 24.0. The summed E-state index contributed by atoms with van der Waals surface area (Å²) < 4.78 is 5.28. The highest BCUT2D eigenvalue weighted by Crippen LogP contribution is 2.24. The Bertz CT molecular complexity index is 933. The first-order valence-electron chi connectivity index (χ1n) is 10.7. The van der Waals surface area contributed by atoms with Crippen LogP contribution in [0.25, 0.3) is 0 Å². The number of hydrogen-bond acceptors (Lipinski definition) is 6. The van der Waals surface area contributed by atoms with Crippen LogP contribution in [0.2, 0.25) is 10.0 Å². The number of rotatable bonds is 9. The summed E-state index contributed by atoms with van der Waals surface area (Å²) in [6.45, 7) is 4.30. The average molecular weight is 499 g/mol. The predicted molar refractivity (Wildman–Crippen MR) is 124 cm³/mol. The third-order valence-corrected chi connectivity index (χ3v) is 6.33. The third kappa shape index (κ3) is 6.83. The highest BCUT2D eigenvalue weighted by atomic mass is 35.5. The van der Waals surface area contributed by atoms with E-state index in [-0.39, 0.29) is 37.7 Å². The lowest BCUT2D eigenvalue weighted by Crippen LogP contribution is -2.40. The Kier molecular flexibility index (Phi) is 8.96. The van der Waals surface area contributed by atoms with Gasteiger partial charge in [-0.2, -0.15) is 0 Å². The maximum Gasteiger partial charge on any atom is 0.289 e. The topological polar surface area (TPSA) is 102 Å². The maximum absolute atomic E-state index is 12.8. The molecule has 9 nitrogen and oxygen atoms in total. The summed E-state index contributed by atoms with van der Waals surface area (Å²) in [4.78, 5) is 42.2. The zero-order valence-electron chi connectivity index (χ0n) is 18.5. The predicted octanol–water partition coefficient (Wildman–Crippen LogP) is 1.44. The number of carbonyl (C=O) groups is 3. The largest absolute Gasteiger partial charge is 0.503 e. The van der Waals surface area contributed by atoms with E-state index in [0.717, 1.165) is 18.7 Å². The standard InChI is InChI=1S/C22H28Cl2N4O5/c1-26(13-15-2-3-17(23)18(24)12-15)21(31)16-14-28(22(32)20(16)30)7-5-25-19(29)4-6-27-8-10-33-11-9-27/h2-3,12,30H,4-11,13-14H2,1H3,(H,25,29). The van der Waals surface area contributed by atoms with Crippen molar-refractivity contribution in [2.24, 2.45) is 0 Å². The fourth-order valence-electron chi connectivity index (χ4n) is 3.68. The molecule has 1 aromatic rings. The first-order chi connectivity index (χ1) is 15.8. The van der Waals surface area contributed by atoms with Gasteiger partial charge in [-0.15, -0.1) is 0 Å². The normalized spacial score (nSPS) is 16.9. The average Bonchev–Trinajstić information content (AvgIpc) is 3.09. The van der Waals surface area contributed by atoms with Gasteiger partial charge in [0.1, 0.15) is 0 Å². The van der Waals surface area contributed by atoms with Crippen molar-refractivity contribution in [3.8, 4) is 0 Å². The van der Waals surface area contributed by atoms with Gasteiger partial charge in [-0.05, 0) is 17.7 Å². The van der Waals surface area contributed by atoms with E-state index in [1.54, 1.807) is 25.2 Å². The van der Waals surface area contributed by atoms with E-state index in [1.165, 1.54) is 9.80 Å². The maximum atomic E-state index is 12.8. The zero-order valence-corrected chi connectivity index (χ0v) is 20.0. The molecule has 0 radical (unpaired) electrons. The van der Waals surface area contributed by atoms with Crippen molar-refractivity contribution in [1.82, 2.24) is 20.0 Å². The van der Waals surface area contributed by atoms with Crippen LogP contribution in [-0.4, -0.2) is 97.1 Å². The van der Waals surface area contributed by atoms with Gasteiger partial charge >= 0.3 is 0 Å². The van der Waals surface area contributed by atoms with Gasteiger partial charge in [-0.25, -0.2) is 0 Å². The molecule has 1 saturated heterocycles. The molecular formula is C22H28Cl2N4O5. The number of hydrogen-bond donors (Lipinski definition) is 2. The van der Waals surface area contributed by atoms with E-state index in [0.29, 0.717) is 36.2 Å². The monoisotopic (exact) mass is 498 g/mol. The minimum atomic E-state index is -0.621. The van der Waals surface area contributed by atoms with Crippen LogP contribution in [0.3, 0.4) is 0 Å². The molecule has 3 rings (SSSR count). The number of nitrogens with one attached hydrogen (secondary N) is 1. The molecule has 2 aliphatic rings. The minimum absolute atomic E-state index is 0.0150. The number of nitrogens with zero attached hydrogens (tertiary/aromatic N) is 3. The molecule has 33 heavy (non-hydrogen) atoms. The quantitative estimate of drug-likeness (QED) is 0.534. The number of carbonyl (C=O) groups excluding carboxylic acids is 3. The number of benzene rings is 1. The van der Waals surface area contributed by atoms with Crippen molar-refractivity contribution in [1.29, 1.82) is 0 Å². The van der Waals surface area contributed by atoms with Crippen LogP contribution in [-0.2, 0) is 25.7 Å². The Hall–Kier alpha value is -2.33. The molecule has 0 bridgehead atoms. The van der Waals surface area contributed by atoms with Crippen molar-refractivity contribution >= 4 is 40.9 Å². The summed E-state index contributed by atoms with van der Waals surface area (Å²) in [6, 6.07) is 5.06. The van der Waals surface area contributed by atoms with Crippen molar-refractivity contribution in [2.75, 3.05) is 59.5 Å². The van der Waals surface area contributed by atoms with Crippen LogP contribution in [0.15, 0.2) is 29.5 Å². The summed E-state index contributed by atoms with van der Waals surface area (Å²) in [5.74, 6) is -1.74. The van der Waals surface area contributed by atoms with Crippen molar-refractivity contribution in [3.63, 3.8) is 0 Å². The summed E-state index contributed by atoms with van der Waals surface area (Å²) in [6.07, 6.45) is 0.362. The molecule has 11 heteroatoms. The summed E-state index contributed by atoms with van der Waals surface area (Å²) in [5, 5.41) is 13.8. The molecule has 0 aliphatic carbocycles. The molecule has 1 aromatic carbocycles. The van der Waals surface area contributed by atoms with Gasteiger partial charge in [0, 0.05) is 52.7 Å². The number of amides is 3. The lowest BCUT2D eigenvalue weighted by Gasteiger charge is -2.26. The summed E-state index contributed by atoms with van der Waals surface area (Å²) in [5.41, 5.74) is 0.794. The first-order valence-corrected chi connectivity index (χ1v) is 11.5. The Morgan fingerprint density at radius 2 is 1.91 bits per heavy atom. The number of likely N-dealkylation sites (N-methyl/N-ethyl adjacent to an activating group) is 1. The van der Waals surface area contributed by atoms with Crippen LogP contribution >= 0.6 is 23.2 Å². The highest BCUT2D eigenvalue weighted by molar-refractivity contribution is 6.42. The minimum Gasteiger partial charge on any atom is -0.503 e. The van der Waals surface area contributed by atoms with E-state index in [2.05, 4.69) is 10.2 Å². The molecule has 2 N–H and O–H groups in total. The number of halogens is 2. The molecule has 2 heterocycles. The van der Waals surface area contributed by atoms with Gasteiger partial charge < -0.3 is 25.0 Å². The van der Waals surface area contributed by atoms with Gasteiger partial charge in [0.2, 0.25) is 5.91 Å². The van der Waals surface area contributed by atoms with Gasteiger partial charge in [-0.3, -0.25) is 19.3 Å². The third-order valence-electron chi connectivity index (χ3n) is 5.60. The van der Waals surface area contributed by atoms with E-state index >= 15 is 0 Å². The first kappa shape index (κ1) is 25.3. The van der Waals surface area contributed by atoms with Gasteiger partial charge in [-0.1, -0.05) is 29.3 Å². The molecule has 1 fully saturated rings. The van der Waals surface area contributed by atoms with E-state index in [9.17, 15) is 19.5 Å². The lowest BCUT2D eigenvalue weighted by molar-refractivity contribution is -0.128. The fourth-order valence-corrected chi connectivity index (χ4v) is 4.00. The Balaban J connectivity index is 1.44. The number of aliphatic hydroxyl groups is 1. The van der Waals surface area contributed by atoms with Crippen LogP contribution in [0.5, 0.6) is 0 Å². The lowest BCUT2D eigenvalue weighted by atomic mass is 10.2. The Labute approximate surface area is 202 Å². The van der Waals surface area contributed by atoms with Crippen molar-refractivity contribution < 1.29 is 24.2 Å². The van der Waals surface area contributed by atoms with Gasteiger partial charge in [0.05, 0.1) is 35.4 Å². The SMILES string of the molecule is CN(Cc1ccc(Cl)c(Cl)c1)C(=O)C1=C(O)C(=O)N(CCNC(=O)CCN2CCOCC2)C1. The Morgan fingerprint density at radius 3 is 2.61 bits per heavy atom. The molecule has 0 aromatic heterocycles.